The second-order valence-electron chi connectivity index (χ2n) is 6.65. The zero-order chi connectivity index (χ0) is 14.0. The summed E-state index contributed by atoms with van der Waals surface area (Å²) in [5, 5.41) is 3.56. The number of hydrogen-bond donors (Lipinski definition) is 1. The fraction of sp³-hybridized carbons (Fsp3) is 0.667. The third-order valence-electron chi connectivity index (χ3n) is 5.29. The smallest absolute Gasteiger partial charge is 0.0487 e. The largest absolute Gasteiger partial charge is 0.317 e. The third kappa shape index (κ3) is 2.51. The van der Waals surface area contributed by atoms with E-state index in [4.69, 9.17) is 0 Å². The molecular weight excluding hydrogens is 244 g/mol. The Labute approximate surface area is 123 Å². The van der Waals surface area contributed by atoms with Crippen LogP contribution < -0.4 is 5.32 Å². The Bertz CT molecular complexity index is 454. The average Bonchev–Trinajstić information content (AvgIpc) is 2.51. The maximum atomic E-state index is 3.56. The maximum Gasteiger partial charge on any atom is 0.0487 e. The molecule has 0 unspecified atom stereocenters. The number of aryl methyl sites for hydroxylation is 2. The standard InChI is InChI=1S/C18H28N2/c1-15-6-7-16(2)17(14-15)18(8-10-19-11-9-18)20-12-4-3-5-13-20/h6-7,14,19H,3-5,8-13H2,1-2H3. The number of piperidine rings is 2. The van der Waals surface area contributed by atoms with Crippen LogP contribution in [0, 0.1) is 13.8 Å². The van der Waals surface area contributed by atoms with Crippen molar-refractivity contribution in [3.8, 4) is 0 Å². The van der Waals surface area contributed by atoms with E-state index in [0.717, 1.165) is 13.1 Å². The molecule has 3 rings (SSSR count). The van der Waals surface area contributed by atoms with Crippen molar-refractivity contribution in [3.63, 3.8) is 0 Å². The van der Waals surface area contributed by atoms with Crippen LogP contribution in [0.3, 0.4) is 0 Å². The van der Waals surface area contributed by atoms with Crippen LogP contribution >= 0.6 is 0 Å². The summed E-state index contributed by atoms with van der Waals surface area (Å²) in [4.78, 5) is 2.80. The predicted octanol–water partition coefficient (Wildman–Crippen LogP) is 3.37. The van der Waals surface area contributed by atoms with Gasteiger partial charge in [-0.1, -0.05) is 30.2 Å². The molecular formula is C18H28N2. The van der Waals surface area contributed by atoms with Crippen LogP contribution in [0.25, 0.3) is 0 Å². The molecule has 20 heavy (non-hydrogen) atoms. The summed E-state index contributed by atoms with van der Waals surface area (Å²) in [6.45, 7) is 9.41. The van der Waals surface area contributed by atoms with Gasteiger partial charge >= 0.3 is 0 Å². The van der Waals surface area contributed by atoms with Crippen molar-refractivity contribution in [3.05, 3.63) is 34.9 Å². The molecule has 1 N–H and O–H groups in total. The Morgan fingerprint density at radius 3 is 2.40 bits per heavy atom. The second-order valence-corrected chi connectivity index (χ2v) is 6.65. The molecule has 0 aromatic heterocycles. The van der Waals surface area contributed by atoms with Crippen molar-refractivity contribution in [2.45, 2.75) is 51.5 Å². The number of nitrogens with one attached hydrogen (secondary N) is 1. The van der Waals surface area contributed by atoms with Gasteiger partial charge in [0, 0.05) is 5.54 Å². The number of nitrogens with zero attached hydrogens (tertiary/aromatic N) is 1. The Morgan fingerprint density at radius 1 is 1.00 bits per heavy atom. The van der Waals surface area contributed by atoms with Crippen LogP contribution in [0.5, 0.6) is 0 Å². The lowest BCUT2D eigenvalue weighted by atomic mass is 9.76. The van der Waals surface area contributed by atoms with E-state index in [1.165, 1.54) is 56.3 Å². The monoisotopic (exact) mass is 272 g/mol. The summed E-state index contributed by atoms with van der Waals surface area (Å²) < 4.78 is 0. The first-order valence-electron chi connectivity index (χ1n) is 8.26. The summed E-state index contributed by atoms with van der Waals surface area (Å²) in [5.41, 5.74) is 4.77. The molecule has 0 spiro atoms. The number of benzene rings is 1. The topological polar surface area (TPSA) is 15.3 Å². The first-order valence-corrected chi connectivity index (χ1v) is 8.26. The van der Waals surface area contributed by atoms with Gasteiger partial charge in [0.1, 0.15) is 0 Å². The van der Waals surface area contributed by atoms with Crippen LogP contribution in [0.2, 0.25) is 0 Å². The second kappa shape index (κ2) is 5.87. The van der Waals surface area contributed by atoms with E-state index in [0.29, 0.717) is 5.54 Å². The molecule has 1 aromatic carbocycles. The van der Waals surface area contributed by atoms with Crippen molar-refractivity contribution in [2.24, 2.45) is 0 Å². The number of rotatable bonds is 2. The summed E-state index contributed by atoms with van der Waals surface area (Å²) in [6.07, 6.45) is 6.69. The van der Waals surface area contributed by atoms with Crippen molar-refractivity contribution < 1.29 is 0 Å². The van der Waals surface area contributed by atoms with Crippen molar-refractivity contribution in [2.75, 3.05) is 26.2 Å². The molecule has 2 heterocycles. The van der Waals surface area contributed by atoms with Crippen LogP contribution in [-0.2, 0) is 5.54 Å². The van der Waals surface area contributed by atoms with Crippen LogP contribution in [0.4, 0.5) is 0 Å². The molecule has 0 saturated carbocycles. The van der Waals surface area contributed by atoms with Gasteiger partial charge in [-0.2, -0.15) is 0 Å². The fourth-order valence-corrected chi connectivity index (χ4v) is 4.16. The molecule has 2 nitrogen and oxygen atoms in total. The minimum atomic E-state index is 0.293. The molecule has 0 radical (unpaired) electrons. The fourth-order valence-electron chi connectivity index (χ4n) is 4.16. The zero-order valence-corrected chi connectivity index (χ0v) is 13.0. The summed E-state index contributed by atoms with van der Waals surface area (Å²) >= 11 is 0. The first-order chi connectivity index (χ1) is 9.72. The molecule has 0 amide bonds. The molecule has 0 bridgehead atoms. The van der Waals surface area contributed by atoms with Crippen LogP contribution in [0.15, 0.2) is 18.2 Å². The third-order valence-corrected chi connectivity index (χ3v) is 5.29. The highest BCUT2D eigenvalue weighted by Gasteiger charge is 2.40. The van der Waals surface area contributed by atoms with Gasteiger partial charge in [0.25, 0.3) is 0 Å². The van der Waals surface area contributed by atoms with Gasteiger partial charge in [-0.3, -0.25) is 4.90 Å². The van der Waals surface area contributed by atoms with Crippen LogP contribution in [-0.4, -0.2) is 31.1 Å². The van der Waals surface area contributed by atoms with E-state index in [1.807, 2.05) is 0 Å². The molecule has 0 atom stereocenters. The molecule has 2 aliphatic heterocycles. The quantitative estimate of drug-likeness (QED) is 0.888. The Kier molecular flexibility index (Phi) is 4.13. The predicted molar refractivity (Wildman–Crippen MR) is 85.1 cm³/mol. The molecule has 2 saturated heterocycles. The average molecular weight is 272 g/mol. The van der Waals surface area contributed by atoms with Gasteiger partial charge in [0.15, 0.2) is 0 Å². The summed E-state index contributed by atoms with van der Waals surface area (Å²) in [5.74, 6) is 0. The van der Waals surface area contributed by atoms with Crippen molar-refractivity contribution in [1.29, 1.82) is 0 Å². The van der Waals surface area contributed by atoms with Gasteiger partial charge in [-0.05, 0) is 76.8 Å². The lowest BCUT2D eigenvalue weighted by molar-refractivity contribution is 0.0354. The molecule has 0 aliphatic carbocycles. The van der Waals surface area contributed by atoms with E-state index in [9.17, 15) is 0 Å². The minimum absolute atomic E-state index is 0.293. The Morgan fingerprint density at radius 2 is 1.70 bits per heavy atom. The molecule has 2 fully saturated rings. The lowest BCUT2D eigenvalue weighted by Gasteiger charge is -2.49. The highest BCUT2D eigenvalue weighted by molar-refractivity contribution is 5.37. The summed E-state index contributed by atoms with van der Waals surface area (Å²) in [7, 11) is 0. The summed E-state index contributed by atoms with van der Waals surface area (Å²) in [6, 6.07) is 7.03. The van der Waals surface area contributed by atoms with E-state index >= 15 is 0 Å². The highest BCUT2D eigenvalue weighted by Crippen LogP contribution is 2.40. The van der Waals surface area contributed by atoms with E-state index in [1.54, 1.807) is 5.56 Å². The SMILES string of the molecule is Cc1ccc(C)c(C2(N3CCCCC3)CCNCC2)c1. The molecule has 2 heteroatoms. The minimum Gasteiger partial charge on any atom is -0.317 e. The van der Waals surface area contributed by atoms with Gasteiger partial charge in [0.2, 0.25) is 0 Å². The maximum absolute atomic E-state index is 3.56. The Hall–Kier alpha value is -0.860. The normalized spacial score (nSPS) is 23.7. The lowest BCUT2D eigenvalue weighted by Crippen LogP contribution is -2.54. The van der Waals surface area contributed by atoms with Gasteiger partial charge in [0.05, 0.1) is 0 Å². The first kappa shape index (κ1) is 14.1. The van der Waals surface area contributed by atoms with E-state index < -0.39 is 0 Å². The van der Waals surface area contributed by atoms with Crippen molar-refractivity contribution >= 4 is 0 Å². The van der Waals surface area contributed by atoms with E-state index in [2.05, 4.69) is 42.3 Å². The van der Waals surface area contributed by atoms with Gasteiger partial charge < -0.3 is 5.32 Å². The van der Waals surface area contributed by atoms with E-state index in [-0.39, 0.29) is 0 Å². The number of hydrogen-bond acceptors (Lipinski definition) is 2. The number of likely N-dealkylation sites (tertiary alicyclic amines) is 1. The zero-order valence-electron chi connectivity index (χ0n) is 13.0. The van der Waals surface area contributed by atoms with Gasteiger partial charge in [-0.15, -0.1) is 0 Å². The Balaban J connectivity index is 2.02. The highest BCUT2D eigenvalue weighted by atomic mass is 15.2. The van der Waals surface area contributed by atoms with Crippen molar-refractivity contribution in [1.82, 2.24) is 10.2 Å². The van der Waals surface area contributed by atoms with Gasteiger partial charge in [-0.25, -0.2) is 0 Å². The molecule has 2 aliphatic rings. The molecule has 1 aromatic rings. The molecule has 110 valence electrons. The van der Waals surface area contributed by atoms with Crippen LogP contribution in [0.1, 0.15) is 48.8 Å².